The normalized spacial score (nSPS) is 10.1. The molecule has 0 aromatic heterocycles. The summed E-state index contributed by atoms with van der Waals surface area (Å²) in [6, 6.07) is 17.7. The first kappa shape index (κ1) is 17.1. The smallest absolute Gasteiger partial charge is 0.307 e. The second-order valence-electron chi connectivity index (χ2n) is 4.88. The molecule has 4 nitrogen and oxygen atoms in total. The van der Waals surface area contributed by atoms with Crippen LogP contribution in [0.1, 0.15) is 22.3 Å². The topological polar surface area (TPSA) is 55.4 Å². The highest BCUT2D eigenvalue weighted by molar-refractivity contribution is 7.98. The van der Waals surface area contributed by atoms with E-state index in [2.05, 4.69) is 22.2 Å². The van der Waals surface area contributed by atoms with Gasteiger partial charge in [0.15, 0.2) is 0 Å². The minimum Gasteiger partial charge on any atom is -0.469 e. The van der Waals surface area contributed by atoms with Crippen molar-refractivity contribution in [2.24, 2.45) is 0 Å². The minimum atomic E-state index is -0.335. The molecule has 0 atom stereocenters. The Morgan fingerprint density at radius 3 is 2.39 bits per heavy atom. The Hall–Kier alpha value is -2.27. The summed E-state index contributed by atoms with van der Waals surface area (Å²) in [5.74, 6) is 0.373. The number of hydrogen-bond acceptors (Lipinski definition) is 4. The lowest BCUT2D eigenvalue weighted by molar-refractivity contribution is -0.140. The van der Waals surface area contributed by atoms with Gasteiger partial charge in [0.1, 0.15) is 0 Å². The van der Waals surface area contributed by atoms with E-state index in [1.54, 1.807) is 23.9 Å². The van der Waals surface area contributed by atoms with Gasteiger partial charge in [-0.1, -0.05) is 30.3 Å². The summed E-state index contributed by atoms with van der Waals surface area (Å²) in [6.07, 6.45) is 0.174. The Morgan fingerprint density at radius 1 is 1.04 bits per heavy atom. The summed E-state index contributed by atoms with van der Waals surface area (Å²) < 4.78 is 4.52. The van der Waals surface area contributed by atoms with Crippen LogP contribution in [0.3, 0.4) is 0 Å². The number of methoxy groups -OCH3 is 1. The number of esters is 1. The van der Waals surface area contributed by atoms with Crippen molar-refractivity contribution in [1.82, 2.24) is 5.32 Å². The van der Waals surface area contributed by atoms with E-state index in [1.165, 1.54) is 12.7 Å². The summed E-state index contributed by atoms with van der Waals surface area (Å²) in [4.78, 5) is 24.0. The maximum Gasteiger partial charge on any atom is 0.307 e. The fraction of sp³-hybridized carbons (Fsp3) is 0.222. The number of hydrogen-bond donors (Lipinski definition) is 1. The molecule has 0 spiro atoms. The predicted octanol–water partition coefficient (Wildman–Crippen LogP) is 3.27. The fourth-order valence-electron chi connectivity index (χ4n) is 1.93. The molecule has 2 aromatic carbocycles. The van der Waals surface area contributed by atoms with Crippen LogP contribution < -0.4 is 5.32 Å². The number of nitrogens with one attached hydrogen (secondary N) is 1. The van der Waals surface area contributed by atoms with Crippen LogP contribution in [0, 0.1) is 0 Å². The molecule has 0 aliphatic rings. The van der Waals surface area contributed by atoms with Crippen LogP contribution in [-0.4, -0.2) is 25.5 Å². The van der Waals surface area contributed by atoms with Gasteiger partial charge in [0.05, 0.1) is 13.5 Å². The van der Waals surface area contributed by atoms with E-state index < -0.39 is 0 Å². The van der Waals surface area contributed by atoms with E-state index >= 15 is 0 Å². The summed E-state index contributed by atoms with van der Waals surface area (Å²) >= 11 is 1.73. The Balaban J connectivity index is 1.81. The van der Waals surface area contributed by atoms with Crippen molar-refractivity contribution in [1.29, 1.82) is 0 Å². The maximum absolute atomic E-state index is 11.9. The lowest BCUT2D eigenvalue weighted by Gasteiger charge is -2.06. The molecule has 0 heterocycles. The van der Waals surface area contributed by atoms with Crippen molar-refractivity contribution in [3.05, 3.63) is 65.7 Å². The molecule has 1 N–H and O–H groups in total. The van der Waals surface area contributed by atoms with E-state index in [0.717, 1.165) is 10.6 Å². The van der Waals surface area contributed by atoms with Gasteiger partial charge in [-0.15, -0.1) is 11.8 Å². The third-order valence-electron chi connectivity index (χ3n) is 3.21. The monoisotopic (exact) mass is 329 g/mol. The lowest BCUT2D eigenvalue weighted by Crippen LogP contribution is -2.26. The molecule has 2 aromatic rings. The zero-order chi connectivity index (χ0) is 16.5. The molecule has 5 heteroatoms. The van der Waals surface area contributed by atoms with Crippen LogP contribution in [0.25, 0.3) is 0 Å². The van der Waals surface area contributed by atoms with Crippen LogP contribution in [0.4, 0.5) is 0 Å². The third-order valence-corrected chi connectivity index (χ3v) is 4.29. The molecule has 0 saturated heterocycles. The van der Waals surface area contributed by atoms with Gasteiger partial charge in [-0.05, 0) is 29.8 Å². The number of thioether (sulfide) groups is 1. The predicted molar refractivity (Wildman–Crippen MR) is 91.4 cm³/mol. The van der Waals surface area contributed by atoms with E-state index in [0.29, 0.717) is 5.56 Å². The quantitative estimate of drug-likeness (QED) is 0.626. The Kier molecular flexibility index (Phi) is 6.69. The van der Waals surface area contributed by atoms with E-state index in [-0.39, 0.29) is 24.8 Å². The molecule has 0 aliphatic carbocycles. The van der Waals surface area contributed by atoms with Crippen molar-refractivity contribution in [3.63, 3.8) is 0 Å². The summed E-state index contributed by atoms with van der Waals surface area (Å²) in [6.45, 7) is 0.274. The third kappa shape index (κ3) is 5.79. The molecule has 2 rings (SSSR count). The highest BCUT2D eigenvalue weighted by Crippen LogP contribution is 2.22. The zero-order valence-corrected chi connectivity index (χ0v) is 13.8. The van der Waals surface area contributed by atoms with Gasteiger partial charge >= 0.3 is 5.97 Å². The highest BCUT2D eigenvalue weighted by Gasteiger charge is 2.07. The molecule has 0 fully saturated rings. The van der Waals surface area contributed by atoms with Gasteiger partial charge in [-0.3, -0.25) is 9.59 Å². The van der Waals surface area contributed by atoms with Crippen LogP contribution in [0.15, 0.2) is 59.5 Å². The Labute approximate surface area is 140 Å². The van der Waals surface area contributed by atoms with E-state index in [1.807, 2.05) is 30.3 Å². The number of ether oxygens (including phenoxy) is 1. The van der Waals surface area contributed by atoms with Crippen LogP contribution in [-0.2, 0) is 15.3 Å². The summed E-state index contributed by atoms with van der Waals surface area (Å²) in [7, 11) is 1.33. The molecule has 1 amide bonds. The molecule has 120 valence electrons. The summed E-state index contributed by atoms with van der Waals surface area (Å²) in [5, 5.41) is 2.69. The first-order chi connectivity index (χ1) is 11.2. The average Bonchev–Trinajstić information content (AvgIpc) is 2.61. The Morgan fingerprint density at radius 2 is 1.74 bits per heavy atom. The Bertz CT molecular complexity index is 641. The first-order valence-electron chi connectivity index (χ1n) is 7.31. The molecule has 0 unspecified atom stereocenters. The van der Waals surface area contributed by atoms with Crippen LogP contribution >= 0.6 is 11.8 Å². The van der Waals surface area contributed by atoms with Crippen molar-refractivity contribution in [3.8, 4) is 0 Å². The molecular weight excluding hydrogens is 310 g/mol. The van der Waals surface area contributed by atoms with Crippen molar-refractivity contribution in [2.45, 2.75) is 17.1 Å². The zero-order valence-electron chi connectivity index (χ0n) is 13.0. The highest BCUT2D eigenvalue weighted by atomic mass is 32.2. The molecule has 23 heavy (non-hydrogen) atoms. The van der Waals surface area contributed by atoms with Crippen molar-refractivity contribution in [2.75, 3.05) is 13.7 Å². The molecule has 0 radical (unpaired) electrons. The summed E-state index contributed by atoms with van der Waals surface area (Å²) in [5.41, 5.74) is 1.85. The average molecular weight is 329 g/mol. The fourth-order valence-corrected chi connectivity index (χ4v) is 2.78. The number of amides is 1. The van der Waals surface area contributed by atoms with Gasteiger partial charge in [0.2, 0.25) is 0 Å². The van der Waals surface area contributed by atoms with Gasteiger partial charge < -0.3 is 10.1 Å². The second-order valence-corrected chi connectivity index (χ2v) is 5.93. The van der Waals surface area contributed by atoms with Gasteiger partial charge in [0.25, 0.3) is 5.91 Å². The van der Waals surface area contributed by atoms with Gasteiger partial charge in [-0.25, -0.2) is 0 Å². The minimum absolute atomic E-state index is 0.174. The van der Waals surface area contributed by atoms with Crippen molar-refractivity contribution >= 4 is 23.6 Å². The number of carbonyl (C=O) groups excluding carboxylic acids is 2. The number of carbonyl (C=O) groups is 2. The first-order valence-corrected chi connectivity index (χ1v) is 8.29. The van der Waals surface area contributed by atoms with Gasteiger partial charge in [-0.2, -0.15) is 0 Å². The van der Waals surface area contributed by atoms with Crippen molar-refractivity contribution < 1.29 is 14.3 Å². The molecular formula is C18H19NO3S. The molecule has 0 saturated carbocycles. The van der Waals surface area contributed by atoms with Crippen LogP contribution in [0.5, 0.6) is 0 Å². The van der Waals surface area contributed by atoms with E-state index in [4.69, 9.17) is 0 Å². The standard InChI is InChI=1S/C18H19NO3S/c1-22-17(20)11-12-19-18(21)15-7-9-16(10-8-15)23-13-14-5-3-2-4-6-14/h2-10H,11-13H2,1H3,(H,19,21). The van der Waals surface area contributed by atoms with E-state index in [9.17, 15) is 9.59 Å². The van der Waals surface area contributed by atoms with Gasteiger partial charge in [0, 0.05) is 22.8 Å². The van der Waals surface area contributed by atoms with Crippen LogP contribution in [0.2, 0.25) is 0 Å². The number of benzene rings is 2. The SMILES string of the molecule is COC(=O)CCNC(=O)c1ccc(SCc2ccccc2)cc1. The maximum atomic E-state index is 11.9. The largest absolute Gasteiger partial charge is 0.469 e. The lowest BCUT2D eigenvalue weighted by atomic mass is 10.2. The molecule has 0 bridgehead atoms. The molecule has 0 aliphatic heterocycles. The number of rotatable bonds is 7. The second kappa shape index (κ2) is 9.00.